The molecular weight excluding hydrogens is 237 g/mol. The molecule has 4 rings (SSSR count). The van der Waals surface area contributed by atoms with Crippen LogP contribution in [0.5, 0.6) is 0 Å². The molecule has 4 fully saturated rings. The van der Waals surface area contributed by atoms with Crippen molar-refractivity contribution in [3.8, 4) is 0 Å². The van der Waals surface area contributed by atoms with E-state index in [1.54, 1.807) is 0 Å². The number of nitrogens with two attached hydrogens (primary N) is 1. The summed E-state index contributed by atoms with van der Waals surface area (Å²) in [4.78, 5) is 0. The molecule has 0 aromatic heterocycles. The van der Waals surface area contributed by atoms with Crippen molar-refractivity contribution in [3.63, 3.8) is 0 Å². The first-order valence-electron chi connectivity index (χ1n) is 7.84. The largest absolute Gasteiger partial charge is 0.475 e. The van der Waals surface area contributed by atoms with Gasteiger partial charge in [0.2, 0.25) is 0 Å². The van der Waals surface area contributed by atoms with Gasteiger partial charge in [-0.25, -0.2) is 0 Å². The van der Waals surface area contributed by atoms with Crippen molar-refractivity contribution in [1.82, 2.24) is 0 Å². The highest BCUT2D eigenvalue weighted by Crippen LogP contribution is 2.65. The highest BCUT2D eigenvalue weighted by Gasteiger charge is 2.68. The highest BCUT2D eigenvalue weighted by molar-refractivity contribution is 6.47. The van der Waals surface area contributed by atoms with Gasteiger partial charge in [0, 0.05) is 5.94 Å². The van der Waals surface area contributed by atoms with Crippen molar-refractivity contribution in [1.29, 1.82) is 0 Å². The molecule has 1 heterocycles. The molecule has 0 aromatic rings. The van der Waals surface area contributed by atoms with Crippen LogP contribution in [0, 0.1) is 23.2 Å². The van der Waals surface area contributed by atoms with E-state index in [9.17, 15) is 0 Å². The molecule has 1 saturated heterocycles. The molecule has 2 bridgehead atoms. The standard InChI is InChI=1S/C15H28BNO2/c1-9(2)6-13(17)16-18-12-8-10-7-11(14(10,3)4)15(12,5)19-16/h9-13H,6-8,17H2,1-5H3/t10-,11-,12-,13?,15-/m0/s1. The summed E-state index contributed by atoms with van der Waals surface area (Å²) in [6.45, 7) is 11.4. The molecule has 4 aliphatic rings. The first-order chi connectivity index (χ1) is 8.75. The minimum absolute atomic E-state index is 0.00253. The fourth-order valence-electron chi connectivity index (χ4n) is 4.74. The van der Waals surface area contributed by atoms with Gasteiger partial charge in [-0.1, -0.05) is 27.7 Å². The second-order valence-corrected chi connectivity index (χ2v) is 8.13. The molecule has 3 saturated carbocycles. The van der Waals surface area contributed by atoms with Gasteiger partial charge in [0.15, 0.2) is 0 Å². The Balaban J connectivity index is 1.74. The third-order valence-corrected chi connectivity index (χ3v) is 6.06. The van der Waals surface area contributed by atoms with Gasteiger partial charge in [0.25, 0.3) is 0 Å². The molecule has 4 heteroatoms. The van der Waals surface area contributed by atoms with E-state index in [1.165, 1.54) is 6.42 Å². The summed E-state index contributed by atoms with van der Waals surface area (Å²) in [5.74, 6) is 2.02. The molecule has 1 unspecified atom stereocenters. The molecule has 0 aromatic carbocycles. The summed E-state index contributed by atoms with van der Waals surface area (Å²) >= 11 is 0. The molecule has 3 aliphatic carbocycles. The van der Waals surface area contributed by atoms with Crippen LogP contribution in [0.2, 0.25) is 0 Å². The van der Waals surface area contributed by atoms with Gasteiger partial charge >= 0.3 is 7.12 Å². The Bertz CT molecular complexity index is 373. The van der Waals surface area contributed by atoms with Crippen molar-refractivity contribution in [2.75, 3.05) is 0 Å². The van der Waals surface area contributed by atoms with Crippen molar-refractivity contribution in [3.05, 3.63) is 0 Å². The molecule has 0 spiro atoms. The zero-order valence-electron chi connectivity index (χ0n) is 13.0. The summed E-state index contributed by atoms with van der Waals surface area (Å²) in [7, 11) is -0.201. The zero-order valence-corrected chi connectivity index (χ0v) is 13.0. The van der Waals surface area contributed by atoms with Gasteiger partial charge in [-0.3, -0.25) is 0 Å². The summed E-state index contributed by atoms with van der Waals surface area (Å²) < 4.78 is 12.5. The quantitative estimate of drug-likeness (QED) is 0.798. The van der Waals surface area contributed by atoms with E-state index in [0.717, 1.165) is 18.8 Å². The Kier molecular flexibility index (Phi) is 3.09. The summed E-state index contributed by atoms with van der Waals surface area (Å²) in [5.41, 5.74) is 6.56. The van der Waals surface area contributed by atoms with Crippen LogP contribution in [0.3, 0.4) is 0 Å². The van der Waals surface area contributed by atoms with Gasteiger partial charge in [0.1, 0.15) is 0 Å². The van der Waals surface area contributed by atoms with Gasteiger partial charge in [-0.2, -0.15) is 0 Å². The molecule has 108 valence electrons. The van der Waals surface area contributed by atoms with E-state index in [-0.39, 0.29) is 24.8 Å². The Labute approximate surface area is 117 Å². The fourth-order valence-corrected chi connectivity index (χ4v) is 4.74. The Morgan fingerprint density at radius 1 is 1.26 bits per heavy atom. The van der Waals surface area contributed by atoms with Crippen LogP contribution in [-0.4, -0.2) is 24.8 Å². The maximum atomic E-state index is 6.35. The van der Waals surface area contributed by atoms with E-state index in [2.05, 4.69) is 34.6 Å². The Morgan fingerprint density at radius 3 is 2.53 bits per heavy atom. The van der Waals surface area contributed by atoms with E-state index in [0.29, 0.717) is 17.3 Å². The first kappa shape index (κ1) is 13.9. The summed E-state index contributed by atoms with van der Waals surface area (Å²) in [6, 6.07) is 0. The van der Waals surface area contributed by atoms with Crippen LogP contribution in [-0.2, 0) is 9.31 Å². The van der Waals surface area contributed by atoms with Gasteiger partial charge < -0.3 is 15.0 Å². The maximum absolute atomic E-state index is 6.35. The Morgan fingerprint density at radius 2 is 1.95 bits per heavy atom. The molecule has 0 radical (unpaired) electrons. The molecule has 5 atom stereocenters. The molecule has 19 heavy (non-hydrogen) atoms. The number of rotatable bonds is 3. The van der Waals surface area contributed by atoms with Crippen LogP contribution in [0.4, 0.5) is 0 Å². The van der Waals surface area contributed by atoms with Gasteiger partial charge in [0.05, 0.1) is 11.7 Å². The molecule has 3 nitrogen and oxygen atoms in total. The smallest absolute Gasteiger partial charge is 0.404 e. The van der Waals surface area contributed by atoms with Crippen molar-refractivity contribution >= 4 is 7.12 Å². The molecule has 1 aliphatic heterocycles. The van der Waals surface area contributed by atoms with Crippen LogP contribution in [0.1, 0.15) is 53.9 Å². The van der Waals surface area contributed by atoms with Crippen LogP contribution >= 0.6 is 0 Å². The number of hydrogen-bond acceptors (Lipinski definition) is 3. The van der Waals surface area contributed by atoms with Crippen LogP contribution in [0.25, 0.3) is 0 Å². The molecule has 0 amide bonds. The van der Waals surface area contributed by atoms with E-state index >= 15 is 0 Å². The second kappa shape index (κ2) is 4.22. The first-order valence-corrected chi connectivity index (χ1v) is 7.84. The normalized spacial score (nSPS) is 45.0. The predicted molar refractivity (Wildman–Crippen MR) is 77.5 cm³/mol. The molecular formula is C15H28BNO2. The molecule has 2 N–H and O–H groups in total. The fraction of sp³-hybridized carbons (Fsp3) is 1.00. The third-order valence-electron chi connectivity index (χ3n) is 6.06. The van der Waals surface area contributed by atoms with Crippen molar-refractivity contribution in [2.45, 2.75) is 71.5 Å². The minimum Gasteiger partial charge on any atom is -0.404 e. The predicted octanol–water partition coefficient (Wildman–Crippen LogP) is 2.63. The van der Waals surface area contributed by atoms with Crippen LogP contribution in [0.15, 0.2) is 0 Å². The van der Waals surface area contributed by atoms with E-state index in [1.807, 2.05) is 0 Å². The van der Waals surface area contributed by atoms with Crippen molar-refractivity contribution < 1.29 is 9.31 Å². The summed E-state index contributed by atoms with van der Waals surface area (Å²) in [5, 5.41) is 0. The monoisotopic (exact) mass is 265 g/mol. The van der Waals surface area contributed by atoms with E-state index < -0.39 is 0 Å². The van der Waals surface area contributed by atoms with E-state index in [4.69, 9.17) is 15.0 Å². The average Bonchev–Trinajstić information content (AvgIpc) is 2.64. The average molecular weight is 265 g/mol. The highest BCUT2D eigenvalue weighted by atomic mass is 16.7. The lowest BCUT2D eigenvalue weighted by Gasteiger charge is -2.64. The lowest BCUT2D eigenvalue weighted by Crippen LogP contribution is -2.65. The summed E-state index contributed by atoms with van der Waals surface area (Å²) in [6.07, 6.45) is 3.67. The van der Waals surface area contributed by atoms with Gasteiger partial charge in [-0.05, 0) is 49.4 Å². The number of hydrogen-bond donors (Lipinski definition) is 1. The van der Waals surface area contributed by atoms with Crippen molar-refractivity contribution in [2.24, 2.45) is 28.9 Å². The maximum Gasteiger partial charge on any atom is 0.475 e. The topological polar surface area (TPSA) is 44.5 Å². The SMILES string of the molecule is CC(C)CC(N)B1O[C@H]2C[C@@H]3C[C@@H](C3(C)C)[C@]2(C)O1. The van der Waals surface area contributed by atoms with Crippen LogP contribution < -0.4 is 5.73 Å². The zero-order chi connectivity index (χ0) is 14.0. The van der Waals surface area contributed by atoms with Gasteiger partial charge in [-0.15, -0.1) is 0 Å². The second-order valence-electron chi connectivity index (χ2n) is 8.13. The lowest BCUT2D eigenvalue weighted by molar-refractivity contribution is -0.199. The Hall–Kier alpha value is -0.0551. The minimum atomic E-state index is -0.201. The lowest BCUT2D eigenvalue weighted by atomic mass is 9.43. The third kappa shape index (κ3) is 1.90.